The van der Waals surface area contributed by atoms with Crippen LogP contribution in [0.15, 0.2) is 182 Å². The number of hydrogen-bond donors (Lipinski definition) is 0. The Kier molecular flexibility index (Phi) is 6.46. The Bertz CT molecular complexity index is 2830. The molecule has 3 aromatic heterocycles. The van der Waals surface area contributed by atoms with Gasteiger partial charge in [0.05, 0.1) is 27.9 Å². The van der Waals surface area contributed by atoms with E-state index in [0.29, 0.717) is 0 Å². The molecule has 50 heavy (non-hydrogen) atoms. The van der Waals surface area contributed by atoms with Gasteiger partial charge in [0.25, 0.3) is 0 Å². The Morgan fingerprint density at radius 2 is 0.980 bits per heavy atom. The van der Waals surface area contributed by atoms with E-state index < -0.39 is 0 Å². The number of hydrogen-bond acceptors (Lipinski definition) is 2. The zero-order valence-corrected chi connectivity index (χ0v) is 27.1. The van der Waals surface area contributed by atoms with Gasteiger partial charge in [0.1, 0.15) is 11.5 Å². The molecule has 4 heteroatoms. The molecule has 0 spiro atoms. The summed E-state index contributed by atoms with van der Waals surface area (Å²) in [6.07, 6.45) is 0. The van der Waals surface area contributed by atoms with Crippen molar-refractivity contribution in [2.45, 2.75) is 0 Å². The molecular formula is C46H30N4. The first kappa shape index (κ1) is 28.3. The zero-order chi connectivity index (χ0) is 33.0. The van der Waals surface area contributed by atoms with Crippen molar-refractivity contribution in [1.29, 1.82) is 0 Å². The summed E-state index contributed by atoms with van der Waals surface area (Å²) in [7, 11) is 0. The van der Waals surface area contributed by atoms with Crippen molar-refractivity contribution in [2.24, 2.45) is 0 Å². The van der Waals surface area contributed by atoms with Crippen LogP contribution in [0.5, 0.6) is 0 Å². The summed E-state index contributed by atoms with van der Waals surface area (Å²) in [5.41, 5.74) is 12.9. The van der Waals surface area contributed by atoms with Gasteiger partial charge in [0.2, 0.25) is 0 Å². The van der Waals surface area contributed by atoms with Crippen LogP contribution in [0.25, 0.3) is 89.1 Å². The van der Waals surface area contributed by atoms with Crippen molar-refractivity contribution in [3.05, 3.63) is 182 Å². The molecule has 0 unspecified atom stereocenters. The van der Waals surface area contributed by atoms with Gasteiger partial charge in [-0.2, -0.15) is 0 Å². The Morgan fingerprint density at radius 1 is 0.380 bits per heavy atom. The fraction of sp³-hybridized carbons (Fsp3) is 0. The maximum absolute atomic E-state index is 5.39. The van der Waals surface area contributed by atoms with Gasteiger partial charge in [-0.1, -0.05) is 152 Å². The van der Waals surface area contributed by atoms with Gasteiger partial charge >= 0.3 is 0 Å². The number of aromatic nitrogens is 4. The van der Waals surface area contributed by atoms with E-state index in [1.807, 2.05) is 12.1 Å². The van der Waals surface area contributed by atoms with Gasteiger partial charge in [-0.25, -0.2) is 9.97 Å². The van der Waals surface area contributed by atoms with Crippen molar-refractivity contribution in [1.82, 2.24) is 18.9 Å². The maximum Gasteiger partial charge on any atom is 0.146 e. The summed E-state index contributed by atoms with van der Waals surface area (Å²) < 4.78 is 4.62. The third-order valence-corrected chi connectivity index (χ3v) is 9.72. The molecule has 3 heterocycles. The topological polar surface area (TPSA) is 35.1 Å². The van der Waals surface area contributed by atoms with Crippen LogP contribution in [0, 0.1) is 0 Å². The second-order valence-electron chi connectivity index (χ2n) is 12.7. The fourth-order valence-corrected chi connectivity index (χ4v) is 7.40. The lowest BCUT2D eigenvalue weighted by Crippen LogP contribution is -1.97. The molecule has 0 saturated heterocycles. The predicted octanol–water partition coefficient (Wildman–Crippen LogP) is 11.6. The first-order chi connectivity index (χ1) is 24.8. The smallest absolute Gasteiger partial charge is 0.146 e. The van der Waals surface area contributed by atoms with Crippen LogP contribution in [0.2, 0.25) is 0 Å². The van der Waals surface area contributed by atoms with Gasteiger partial charge in [-0.05, 0) is 46.8 Å². The summed E-state index contributed by atoms with van der Waals surface area (Å²) in [5.74, 6) is 0.926. The lowest BCUT2D eigenvalue weighted by molar-refractivity contribution is 1.10. The van der Waals surface area contributed by atoms with Gasteiger partial charge < -0.3 is 0 Å². The van der Waals surface area contributed by atoms with Gasteiger partial charge in [0, 0.05) is 33.2 Å². The van der Waals surface area contributed by atoms with Crippen LogP contribution < -0.4 is 0 Å². The summed E-state index contributed by atoms with van der Waals surface area (Å²) in [6.45, 7) is 0. The van der Waals surface area contributed by atoms with E-state index in [0.717, 1.165) is 78.3 Å². The molecule has 0 fully saturated rings. The molecule has 0 amide bonds. The minimum Gasteiger partial charge on any atom is -0.292 e. The van der Waals surface area contributed by atoms with E-state index in [1.54, 1.807) is 0 Å². The highest BCUT2D eigenvalue weighted by atomic mass is 15.1. The molecule has 4 nitrogen and oxygen atoms in total. The SMILES string of the molecule is c1ccc(-c2nc3c4ccccc4c4ccc(-c5ccc(-c6nc7ccccc7n6-c6ccccc6)cc5)cc4n3c2-c2ccccc2)cc1. The average Bonchev–Trinajstić information content (AvgIpc) is 3.79. The Labute approximate surface area is 289 Å². The van der Waals surface area contributed by atoms with Crippen LogP contribution >= 0.6 is 0 Å². The predicted molar refractivity (Wildman–Crippen MR) is 207 cm³/mol. The lowest BCUT2D eigenvalue weighted by atomic mass is 9.99. The molecular weight excluding hydrogens is 609 g/mol. The van der Waals surface area contributed by atoms with Crippen molar-refractivity contribution in [2.75, 3.05) is 0 Å². The van der Waals surface area contributed by atoms with E-state index in [9.17, 15) is 0 Å². The van der Waals surface area contributed by atoms with Crippen LogP contribution in [-0.4, -0.2) is 18.9 Å². The molecule has 0 N–H and O–H groups in total. The second kappa shape index (κ2) is 11.4. The van der Waals surface area contributed by atoms with Gasteiger partial charge in [-0.3, -0.25) is 8.97 Å². The number of nitrogens with zero attached hydrogens (tertiary/aromatic N) is 4. The molecule has 0 aliphatic carbocycles. The number of benzene rings is 7. The number of rotatable bonds is 5. The fourth-order valence-electron chi connectivity index (χ4n) is 7.40. The Balaban J connectivity index is 1.18. The summed E-state index contributed by atoms with van der Waals surface area (Å²) in [6, 6.07) is 64.2. The Hall–Kier alpha value is -6.78. The quantitative estimate of drug-likeness (QED) is 0.176. The third-order valence-electron chi connectivity index (χ3n) is 9.72. The molecule has 10 aromatic rings. The number of imidazole rings is 2. The molecule has 0 bridgehead atoms. The molecule has 0 radical (unpaired) electrons. The van der Waals surface area contributed by atoms with Crippen molar-refractivity contribution in [3.63, 3.8) is 0 Å². The molecule has 7 aromatic carbocycles. The maximum atomic E-state index is 5.39. The minimum absolute atomic E-state index is 0.926. The molecule has 0 saturated carbocycles. The van der Waals surface area contributed by atoms with Gasteiger partial charge in [-0.15, -0.1) is 0 Å². The van der Waals surface area contributed by atoms with Crippen LogP contribution in [0.4, 0.5) is 0 Å². The summed E-state index contributed by atoms with van der Waals surface area (Å²) in [4.78, 5) is 10.5. The molecule has 0 atom stereocenters. The van der Waals surface area contributed by atoms with Crippen molar-refractivity contribution >= 4 is 38.4 Å². The number of pyridine rings is 1. The van der Waals surface area contributed by atoms with E-state index in [4.69, 9.17) is 9.97 Å². The first-order valence-electron chi connectivity index (χ1n) is 16.9. The highest BCUT2D eigenvalue weighted by molar-refractivity contribution is 6.14. The second-order valence-corrected chi connectivity index (χ2v) is 12.7. The van der Waals surface area contributed by atoms with E-state index in [1.165, 1.54) is 10.8 Å². The van der Waals surface area contributed by atoms with Crippen LogP contribution in [0.3, 0.4) is 0 Å². The normalized spacial score (nSPS) is 11.6. The van der Waals surface area contributed by atoms with Crippen molar-refractivity contribution < 1.29 is 0 Å². The summed E-state index contributed by atoms with van der Waals surface area (Å²) in [5, 5.41) is 3.53. The van der Waals surface area contributed by atoms with E-state index in [2.05, 4.69) is 179 Å². The zero-order valence-electron chi connectivity index (χ0n) is 27.1. The molecule has 234 valence electrons. The third kappa shape index (κ3) is 4.46. The lowest BCUT2D eigenvalue weighted by Gasteiger charge is -2.14. The highest BCUT2D eigenvalue weighted by Crippen LogP contribution is 2.40. The summed E-state index contributed by atoms with van der Waals surface area (Å²) >= 11 is 0. The van der Waals surface area contributed by atoms with E-state index >= 15 is 0 Å². The molecule has 0 aliphatic heterocycles. The van der Waals surface area contributed by atoms with Gasteiger partial charge in [0.15, 0.2) is 0 Å². The largest absolute Gasteiger partial charge is 0.292 e. The molecule has 10 rings (SSSR count). The standard InChI is InChI=1S/C46H30N4/c1-4-14-32(15-5-1)43-44(33-16-6-2-7-17-33)50-42-30-35(28-29-38(42)37-20-10-11-21-39(37)46(50)48-43)31-24-26-34(27-25-31)45-47-40-22-12-13-23-41(40)49(45)36-18-8-3-9-19-36/h1-30H. The highest BCUT2D eigenvalue weighted by Gasteiger charge is 2.21. The van der Waals surface area contributed by atoms with Crippen LogP contribution in [-0.2, 0) is 0 Å². The Morgan fingerprint density at radius 3 is 1.74 bits per heavy atom. The van der Waals surface area contributed by atoms with Crippen molar-refractivity contribution in [3.8, 4) is 50.7 Å². The number of para-hydroxylation sites is 3. The molecule has 0 aliphatic rings. The number of fused-ring (bicyclic) bond motifs is 7. The van der Waals surface area contributed by atoms with Crippen LogP contribution in [0.1, 0.15) is 0 Å². The minimum atomic E-state index is 0.926. The monoisotopic (exact) mass is 638 g/mol. The first-order valence-corrected chi connectivity index (χ1v) is 16.9. The average molecular weight is 639 g/mol. The van der Waals surface area contributed by atoms with E-state index in [-0.39, 0.29) is 0 Å².